The van der Waals surface area contributed by atoms with Gasteiger partial charge in [-0.05, 0) is 57.8 Å². The van der Waals surface area contributed by atoms with Gasteiger partial charge < -0.3 is 9.31 Å². The largest absolute Gasteiger partial charge is 0.494 e. The van der Waals surface area contributed by atoms with Crippen LogP contribution in [0.3, 0.4) is 0 Å². The fourth-order valence-corrected chi connectivity index (χ4v) is 2.47. The third-order valence-corrected chi connectivity index (χ3v) is 4.50. The van der Waals surface area contributed by atoms with Gasteiger partial charge in [-0.2, -0.15) is 5.10 Å². The molecule has 0 aliphatic carbocycles. The first kappa shape index (κ1) is 14.4. The van der Waals surface area contributed by atoms with Crippen LogP contribution >= 0.6 is 0 Å². The van der Waals surface area contributed by atoms with Crippen LogP contribution in [0.25, 0.3) is 5.69 Å². The highest BCUT2D eigenvalue weighted by Gasteiger charge is 2.51. The highest BCUT2D eigenvalue weighted by molar-refractivity contribution is 6.62. The Kier molecular flexibility index (Phi) is 3.22. The number of rotatable bonds is 2. The molecule has 1 aromatic heterocycles. The molecule has 1 fully saturated rings. The highest BCUT2D eigenvalue weighted by Crippen LogP contribution is 2.36. The molecule has 0 spiro atoms. The topological polar surface area (TPSA) is 36.3 Å². The van der Waals surface area contributed by atoms with Crippen molar-refractivity contribution >= 4 is 12.6 Å². The van der Waals surface area contributed by atoms with Crippen LogP contribution in [0.2, 0.25) is 0 Å². The van der Waals surface area contributed by atoms with Crippen LogP contribution in [-0.2, 0) is 9.31 Å². The first-order chi connectivity index (χ1) is 9.80. The molecule has 1 saturated heterocycles. The molecule has 0 saturated carbocycles. The molecule has 0 amide bonds. The average Bonchev–Trinajstić information content (AvgIpc) is 2.96. The maximum Gasteiger partial charge on any atom is 0.494 e. The van der Waals surface area contributed by atoms with Crippen molar-refractivity contribution in [2.45, 2.75) is 45.8 Å². The van der Waals surface area contributed by atoms with Crippen LogP contribution in [0.15, 0.2) is 36.7 Å². The third-order valence-electron chi connectivity index (χ3n) is 4.50. The highest BCUT2D eigenvalue weighted by atomic mass is 16.7. The van der Waals surface area contributed by atoms with E-state index in [-0.39, 0.29) is 18.3 Å². The molecule has 0 bridgehead atoms. The van der Waals surface area contributed by atoms with Crippen molar-refractivity contribution in [1.29, 1.82) is 0 Å². The van der Waals surface area contributed by atoms with Gasteiger partial charge in [0.2, 0.25) is 0 Å². The smallest absolute Gasteiger partial charge is 0.399 e. The molecule has 1 aliphatic rings. The molecule has 0 unspecified atom stereocenters. The number of hydrogen-bond donors (Lipinski definition) is 0. The Morgan fingerprint density at radius 2 is 1.76 bits per heavy atom. The molecular formula is C16H21BN2O2. The first-order valence-electron chi connectivity index (χ1n) is 7.26. The van der Waals surface area contributed by atoms with Gasteiger partial charge in [-0.1, -0.05) is 12.1 Å². The summed E-state index contributed by atoms with van der Waals surface area (Å²) >= 11 is 0. The minimum atomic E-state index is -0.319. The maximum absolute atomic E-state index is 6.09. The summed E-state index contributed by atoms with van der Waals surface area (Å²) in [5.41, 5.74) is 2.63. The summed E-state index contributed by atoms with van der Waals surface area (Å²) in [4.78, 5) is 0. The molecule has 2 aromatic rings. The molecule has 4 nitrogen and oxygen atoms in total. The van der Waals surface area contributed by atoms with Gasteiger partial charge in [0.15, 0.2) is 0 Å². The zero-order valence-electron chi connectivity index (χ0n) is 13.3. The normalized spacial score (nSPS) is 20.0. The summed E-state index contributed by atoms with van der Waals surface area (Å²) < 4.78 is 14.0. The zero-order valence-corrected chi connectivity index (χ0v) is 13.3. The lowest BCUT2D eigenvalue weighted by Crippen LogP contribution is -2.41. The second kappa shape index (κ2) is 4.72. The predicted octanol–water partition coefficient (Wildman–Crippen LogP) is 2.48. The van der Waals surface area contributed by atoms with Crippen LogP contribution in [0.4, 0.5) is 0 Å². The Hall–Kier alpha value is -1.59. The van der Waals surface area contributed by atoms with E-state index in [4.69, 9.17) is 9.31 Å². The SMILES string of the molecule is Cc1cc(B2OC(C)(C)C(C)(C)O2)ccc1-n1cccn1. The predicted molar refractivity (Wildman–Crippen MR) is 84.0 cm³/mol. The summed E-state index contributed by atoms with van der Waals surface area (Å²) in [7, 11) is -0.319. The quantitative estimate of drug-likeness (QED) is 0.795. The Balaban J connectivity index is 1.90. The summed E-state index contributed by atoms with van der Waals surface area (Å²) in [6, 6.07) is 8.13. The van der Waals surface area contributed by atoms with Crippen molar-refractivity contribution in [2.75, 3.05) is 0 Å². The van der Waals surface area contributed by atoms with E-state index in [2.05, 4.69) is 51.9 Å². The van der Waals surface area contributed by atoms with Crippen molar-refractivity contribution in [1.82, 2.24) is 9.78 Å². The van der Waals surface area contributed by atoms with Gasteiger partial charge in [-0.25, -0.2) is 4.68 Å². The Morgan fingerprint density at radius 3 is 2.29 bits per heavy atom. The first-order valence-corrected chi connectivity index (χ1v) is 7.26. The fraction of sp³-hybridized carbons (Fsp3) is 0.438. The number of nitrogens with zero attached hydrogens (tertiary/aromatic N) is 2. The molecule has 0 N–H and O–H groups in total. The van der Waals surface area contributed by atoms with E-state index >= 15 is 0 Å². The van der Waals surface area contributed by atoms with Gasteiger partial charge in [0, 0.05) is 12.4 Å². The lowest BCUT2D eigenvalue weighted by atomic mass is 9.78. The number of hydrogen-bond acceptors (Lipinski definition) is 3. The van der Waals surface area contributed by atoms with Crippen molar-refractivity contribution < 1.29 is 9.31 Å². The van der Waals surface area contributed by atoms with E-state index in [0.717, 1.165) is 16.7 Å². The van der Waals surface area contributed by atoms with Crippen LogP contribution in [0, 0.1) is 6.92 Å². The van der Waals surface area contributed by atoms with Crippen LogP contribution in [-0.4, -0.2) is 28.1 Å². The number of benzene rings is 1. The molecule has 21 heavy (non-hydrogen) atoms. The summed E-state index contributed by atoms with van der Waals surface area (Å²) in [5, 5.41) is 4.27. The van der Waals surface area contributed by atoms with Crippen molar-refractivity contribution in [3.8, 4) is 5.69 Å². The average molecular weight is 284 g/mol. The molecule has 5 heteroatoms. The molecule has 0 radical (unpaired) electrons. The minimum Gasteiger partial charge on any atom is -0.399 e. The van der Waals surface area contributed by atoms with E-state index in [1.54, 1.807) is 6.20 Å². The lowest BCUT2D eigenvalue weighted by molar-refractivity contribution is 0.00578. The van der Waals surface area contributed by atoms with E-state index in [9.17, 15) is 0 Å². The Bertz CT molecular complexity index is 634. The molecule has 0 atom stereocenters. The minimum absolute atomic E-state index is 0.313. The summed E-state index contributed by atoms with van der Waals surface area (Å²) in [6.07, 6.45) is 3.72. The molecular weight excluding hydrogens is 263 g/mol. The van der Waals surface area contributed by atoms with Crippen molar-refractivity contribution in [3.05, 3.63) is 42.2 Å². The number of aromatic nitrogens is 2. The van der Waals surface area contributed by atoms with E-state index in [0.29, 0.717) is 0 Å². The standard InChI is InChI=1S/C16H21BN2O2/c1-12-11-13(7-8-14(12)19-10-6-9-18-19)17-20-15(2,3)16(4,5)21-17/h6-11H,1-5H3. The summed E-state index contributed by atoms with van der Waals surface area (Å²) in [5.74, 6) is 0. The zero-order chi connectivity index (χ0) is 15.3. The van der Waals surface area contributed by atoms with Gasteiger partial charge in [0.05, 0.1) is 16.9 Å². The lowest BCUT2D eigenvalue weighted by Gasteiger charge is -2.32. The maximum atomic E-state index is 6.09. The van der Waals surface area contributed by atoms with Crippen molar-refractivity contribution in [2.24, 2.45) is 0 Å². The van der Waals surface area contributed by atoms with Crippen LogP contribution < -0.4 is 5.46 Å². The Labute approximate surface area is 126 Å². The van der Waals surface area contributed by atoms with E-state index < -0.39 is 0 Å². The molecule has 3 rings (SSSR count). The number of aryl methyl sites for hydroxylation is 1. The van der Waals surface area contributed by atoms with Crippen molar-refractivity contribution in [3.63, 3.8) is 0 Å². The monoisotopic (exact) mass is 284 g/mol. The Morgan fingerprint density at radius 1 is 1.10 bits per heavy atom. The summed E-state index contributed by atoms with van der Waals surface area (Å²) in [6.45, 7) is 10.3. The van der Waals surface area contributed by atoms with Gasteiger partial charge in [0.1, 0.15) is 0 Å². The third kappa shape index (κ3) is 2.41. The molecule has 1 aliphatic heterocycles. The van der Waals surface area contributed by atoms with Gasteiger partial charge in [-0.15, -0.1) is 0 Å². The second-order valence-electron chi connectivity index (χ2n) is 6.58. The van der Waals surface area contributed by atoms with E-state index in [1.165, 1.54) is 0 Å². The van der Waals surface area contributed by atoms with Crippen LogP contribution in [0.5, 0.6) is 0 Å². The molecule has 2 heterocycles. The molecule has 110 valence electrons. The van der Waals surface area contributed by atoms with Crippen LogP contribution in [0.1, 0.15) is 33.3 Å². The van der Waals surface area contributed by atoms with Gasteiger partial charge >= 0.3 is 7.12 Å². The second-order valence-corrected chi connectivity index (χ2v) is 6.58. The van der Waals surface area contributed by atoms with Gasteiger partial charge in [0.25, 0.3) is 0 Å². The fourth-order valence-electron chi connectivity index (χ4n) is 2.47. The molecule has 1 aromatic carbocycles. The van der Waals surface area contributed by atoms with E-state index in [1.807, 2.05) is 23.0 Å². The van der Waals surface area contributed by atoms with Gasteiger partial charge in [-0.3, -0.25) is 0 Å².